The summed E-state index contributed by atoms with van der Waals surface area (Å²) in [4.78, 5) is 53.1. The van der Waals surface area contributed by atoms with Crippen LogP contribution in [0, 0.1) is 25.8 Å². The number of fused-ring (bicyclic) bond motifs is 3. The Morgan fingerprint density at radius 1 is 1.10 bits per heavy atom. The molecule has 0 radical (unpaired) electrons. The summed E-state index contributed by atoms with van der Waals surface area (Å²) >= 11 is 0. The maximum absolute atomic E-state index is 14.0. The maximum Gasteiger partial charge on any atom is 0.433 e. The van der Waals surface area contributed by atoms with Gasteiger partial charge in [0.05, 0.1) is 17.8 Å². The van der Waals surface area contributed by atoms with Crippen molar-refractivity contribution in [1.82, 2.24) is 29.0 Å². The zero-order chi connectivity index (χ0) is 34.3. The van der Waals surface area contributed by atoms with Crippen LogP contribution in [0.5, 0.6) is 0 Å². The van der Waals surface area contributed by atoms with Crippen LogP contribution >= 0.6 is 0 Å². The molecule has 1 aliphatic carbocycles. The fourth-order valence-electron chi connectivity index (χ4n) is 6.95. The maximum atomic E-state index is 14.0. The van der Waals surface area contributed by atoms with Crippen LogP contribution in [0.15, 0.2) is 48.9 Å². The van der Waals surface area contributed by atoms with Gasteiger partial charge >= 0.3 is 6.18 Å². The van der Waals surface area contributed by atoms with Gasteiger partial charge in [0.1, 0.15) is 24.1 Å². The zero-order valence-electron chi connectivity index (χ0n) is 26.4. The molecule has 1 N–H and O–H groups in total. The average molecular weight is 655 g/mol. The molecule has 3 atom stereocenters. The Morgan fingerprint density at radius 3 is 2.58 bits per heavy atom. The van der Waals surface area contributed by atoms with Gasteiger partial charge < -0.3 is 14.8 Å². The zero-order valence-corrected chi connectivity index (χ0v) is 26.4. The summed E-state index contributed by atoms with van der Waals surface area (Å²) in [6.07, 6.45) is 1.47. The van der Waals surface area contributed by atoms with Crippen LogP contribution in [0.2, 0.25) is 0 Å². The number of piperidine rings is 1. The third-order valence-corrected chi connectivity index (χ3v) is 9.37. The van der Waals surface area contributed by atoms with E-state index in [4.69, 9.17) is 6.57 Å². The molecule has 14 heteroatoms. The number of aryl methyl sites for hydroxylation is 2. The van der Waals surface area contributed by atoms with Crippen LogP contribution in [0.1, 0.15) is 54.0 Å². The topological polar surface area (TPSA) is 119 Å². The number of nitrogens with zero attached hydrogens (tertiary/aromatic N) is 7. The van der Waals surface area contributed by atoms with Gasteiger partial charge in [-0.25, -0.2) is 19.3 Å². The summed E-state index contributed by atoms with van der Waals surface area (Å²) in [5, 5.41) is 7.50. The van der Waals surface area contributed by atoms with Gasteiger partial charge in [0, 0.05) is 47.2 Å². The number of aromatic nitrogens is 5. The van der Waals surface area contributed by atoms with E-state index in [1.54, 1.807) is 21.5 Å². The summed E-state index contributed by atoms with van der Waals surface area (Å²) in [5.74, 6) is -1.78. The lowest BCUT2D eigenvalue weighted by molar-refractivity contribution is -0.141. The first kappa shape index (κ1) is 31.0. The van der Waals surface area contributed by atoms with Crippen LogP contribution in [-0.2, 0) is 22.3 Å². The lowest BCUT2D eigenvalue weighted by Crippen LogP contribution is -2.46. The van der Waals surface area contributed by atoms with E-state index < -0.39 is 29.6 Å². The molecule has 244 valence electrons. The minimum Gasteiger partial charge on any atom is -0.337 e. The van der Waals surface area contributed by atoms with E-state index in [0.717, 1.165) is 28.5 Å². The Labute approximate surface area is 272 Å². The molecule has 1 aromatic carbocycles. The summed E-state index contributed by atoms with van der Waals surface area (Å²) in [7, 11) is 0. The molecular formula is C34H29F3N8O3. The lowest BCUT2D eigenvalue weighted by atomic mass is 10.0. The van der Waals surface area contributed by atoms with E-state index in [9.17, 15) is 27.6 Å². The molecular weight excluding hydrogens is 625 g/mol. The summed E-state index contributed by atoms with van der Waals surface area (Å²) in [6.45, 7) is 14.3. The summed E-state index contributed by atoms with van der Waals surface area (Å²) in [6, 6.07) is 6.14. The van der Waals surface area contributed by atoms with Gasteiger partial charge in [-0.1, -0.05) is 13.0 Å². The minimum atomic E-state index is -4.77. The standard InChI is InChI=1S/C34H29F3N8O3/c1-17-8-20(21-13-39-28-9-18(2)42-44(28)14-21)10-22-23(19(3)46)15-43(30(17)22)16-29(47)45-25(11-33(4)12-27(33)45)32(48)41-31-24(38-5)6-7-26(40-31)34(35,36)37/h6-10,13-15,25,27H,11-12,16H2,1-4H3,(H,40,41,48)/t25-,27+,33-/m0/s1. The second-order valence-corrected chi connectivity index (χ2v) is 12.9. The number of carbonyl (C=O) groups is 3. The Morgan fingerprint density at radius 2 is 1.88 bits per heavy atom. The van der Waals surface area contributed by atoms with E-state index in [1.807, 2.05) is 45.2 Å². The predicted molar refractivity (Wildman–Crippen MR) is 169 cm³/mol. The van der Waals surface area contributed by atoms with E-state index in [-0.39, 0.29) is 35.4 Å². The van der Waals surface area contributed by atoms with Crippen LogP contribution in [-0.4, -0.2) is 58.7 Å². The first-order chi connectivity index (χ1) is 22.7. The van der Waals surface area contributed by atoms with Gasteiger partial charge in [-0.2, -0.15) is 18.3 Å². The molecule has 1 saturated carbocycles. The van der Waals surface area contributed by atoms with Crippen LogP contribution in [0.25, 0.3) is 32.5 Å². The van der Waals surface area contributed by atoms with Crippen molar-refractivity contribution in [1.29, 1.82) is 0 Å². The second kappa shape index (κ2) is 10.7. The normalized spacial score (nSPS) is 20.2. The Hall–Kier alpha value is -5.58. The highest BCUT2D eigenvalue weighted by Crippen LogP contribution is 2.59. The molecule has 2 aliphatic rings. The van der Waals surface area contributed by atoms with Gasteiger partial charge in [-0.3, -0.25) is 14.4 Å². The van der Waals surface area contributed by atoms with Gasteiger partial charge in [-0.15, -0.1) is 0 Å². The molecule has 1 aliphatic heterocycles. The smallest absolute Gasteiger partial charge is 0.337 e. The van der Waals surface area contributed by atoms with E-state index in [0.29, 0.717) is 41.0 Å². The molecule has 11 nitrogen and oxygen atoms in total. The Bertz CT molecular complexity index is 2250. The summed E-state index contributed by atoms with van der Waals surface area (Å²) < 4.78 is 43.4. The van der Waals surface area contributed by atoms with Crippen molar-refractivity contribution in [3.8, 4) is 11.1 Å². The quantitative estimate of drug-likeness (QED) is 0.173. The van der Waals surface area contributed by atoms with Crippen LogP contribution in [0.4, 0.5) is 24.7 Å². The second-order valence-electron chi connectivity index (χ2n) is 12.9. The monoisotopic (exact) mass is 654 g/mol. The highest BCUT2D eigenvalue weighted by molar-refractivity contribution is 6.09. The fraction of sp³-hybridized carbons (Fsp3) is 0.324. The number of ketones is 1. The number of hydrogen-bond donors (Lipinski definition) is 1. The lowest BCUT2D eigenvalue weighted by Gasteiger charge is -2.27. The highest BCUT2D eigenvalue weighted by atomic mass is 19.4. The van der Waals surface area contributed by atoms with Crippen molar-refractivity contribution in [2.45, 2.75) is 65.3 Å². The number of rotatable bonds is 6. The number of amides is 2. The van der Waals surface area contributed by atoms with Crippen molar-refractivity contribution in [3.63, 3.8) is 0 Å². The molecule has 5 aromatic rings. The molecule has 1 saturated heterocycles. The molecule has 0 unspecified atom stereocenters. The molecule has 7 rings (SSSR count). The fourth-order valence-corrected chi connectivity index (χ4v) is 6.95. The average Bonchev–Trinajstić information content (AvgIpc) is 3.29. The van der Waals surface area contributed by atoms with Gasteiger partial charge in [-0.05, 0) is 68.4 Å². The summed E-state index contributed by atoms with van der Waals surface area (Å²) in [5.41, 5.74) is 3.28. The molecule has 2 amide bonds. The number of nitrogens with one attached hydrogen (secondary N) is 1. The SMILES string of the molecule is [C-]#[N+]c1ccc(C(F)(F)F)nc1NC(=O)[C@@H]1C[C@@]2(C)C[C@H]2N1C(=O)Cn1cc(C(C)=O)c2cc(-c3cnc4cc(C)nn4c3)cc(C)c21. The Kier molecular flexibility index (Phi) is 6.94. The first-order valence-corrected chi connectivity index (χ1v) is 15.2. The number of halogens is 3. The molecule has 48 heavy (non-hydrogen) atoms. The van der Waals surface area contributed by atoms with Crippen LogP contribution < -0.4 is 5.32 Å². The molecule has 0 spiro atoms. The van der Waals surface area contributed by atoms with Gasteiger partial charge in [0.15, 0.2) is 11.4 Å². The van der Waals surface area contributed by atoms with Crippen molar-refractivity contribution < 1.29 is 27.6 Å². The first-order valence-electron chi connectivity index (χ1n) is 15.2. The van der Waals surface area contributed by atoms with E-state index >= 15 is 0 Å². The van der Waals surface area contributed by atoms with Crippen molar-refractivity contribution in [2.75, 3.05) is 5.32 Å². The van der Waals surface area contributed by atoms with Crippen molar-refractivity contribution in [2.24, 2.45) is 5.41 Å². The molecule has 0 bridgehead atoms. The van der Waals surface area contributed by atoms with Crippen molar-refractivity contribution in [3.05, 3.63) is 82.9 Å². The third-order valence-electron chi connectivity index (χ3n) is 9.37. The number of likely N-dealkylation sites (tertiary alicyclic amines) is 1. The van der Waals surface area contributed by atoms with Crippen LogP contribution in [0.3, 0.4) is 0 Å². The third kappa shape index (κ3) is 5.15. The van der Waals surface area contributed by atoms with E-state index in [2.05, 4.69) is 25.2 Å². The van der Waals surface area contributed by atoms with Gasteiger partial charge in [0.25, 0.3) is 0 Å². The molecule has 5 heterocycles. The highest BCUT2D eigenvalue weighted by Gasteiger charge is 2.64. The molecule has 4 aromatic heterocycles. The van der Waals surface area contributed by atoms with Crippen molar-refractivity contribution >= 4 is 45.7 Å². The minimum absolute atomic E-state index is 0.171. The number of carbonyl (C=O) groups excluding carboxylic acids is 3. The van der Waals surface area contributed by atoms with Gasteiger partial charge in [0.2, 0.25) is 17.5 Å². The number of pyridine rings is 1. The predicted octanol–water partition coefficient (Wildman–Crippen LogP) is 6.15. The van der Waals surface area contributed by atoms with E-state index in [1.165, 1.54) is 11.8 Å². The number of benzene rings is 1. The largest absolute Gasteiger partial charge is 0.433 e. The number of hydrogen-bond acceptors (Lipinski definition) is 6. The number of anilines is 1. The Balaban J connectivity index is 1.20. The number of alkyl halides is 3. The molecule has 2 fully saturated rings. The number of Topliss-reactive ketones (excluding diaryl/α,β-unsaturated/α-hetero) is 1.